The lowest BCUT2D eigenvalue weighted by molar-refractivity contribution is -0.273. The molecule has 32 heavy (non-hydrogen) atoms. The SMILES string of the molecule is CC(=O)OCc1ccc(O[C@@H]2O[C@H](CCO)[C@H](O)[C@H](O)[C@H]2O)c2cc(CCC(=O)O)sc12. The van der Waals surface area contributed by atoms with E-state index >= 15 is 0 Å². The number of hydrogen-bond donors (Lipinski definition) is 5. The van der Waals surface area contributed by atoms with E-state index in [0.29, 0.717) is 23.1 Å². The zero-order valence-electron chi connectivity index (χ0n) is 17.3. The van der Waals surface area contributed by atoms with Crippen LogP contribution in [0.2, 0.25) is 0 Å². The van der Waals surface area contributed by atoms with Crippen LogP contribution in [0.15, 0.2) is 18.2 Å². The molecule has 2 heterocycles. The molecule has 1 saturated heterocycles. The number of ether oxygens (including phenoxy) is 3. The second-order valence-corrected chi connectivity index (χ2v) is 8.63. The second kappa shape index (κ2) is 10.6. The minimum atomic E-state index is -1.54. The number of aliphatic carboxylic acids is 1. The van der Waals surface area contributed by atoms with Crippen molar-refractivity contribution in [3.63, 3.8) is 0 Å². The molecule has 2 aromatic rings. The van der Waals surface area contributed by atoms with Crippen LogP contribution in [-0.2, 0) is 32.1 Å². The van der Waals surface area contributed by atoms with E-state index in [1.165, 1.54) is 18.3 Å². The Morgan fingerprint density at radius 3 is 2.56 bits per heavy atom. The molecule has 0 spiro atoms. The molecule has 0 bridgehead atoms. The molecule has 3 rings (SSSR count). The van der Waals surface area contributed by atoms with Crippen LogP contribution in [0.3, 0.4) is 0 Å². The molecule has 5 N–H and O–H groups in total. The number of benzene rings is 1. The lowest BCUT2D eigenvalue weighted by atomic mass is 9.97. The first-order chi connectivity index (χ1) is 15.2. The summed E-state index contributed by atoms with van der Waals surface area (Å²) in [6.07, 6.45) is -6.41. The van der Waals surface area contributed by atoms with E-state index in [0.717, 1.165) is 9.58 Å². The third-order valence-electron chi connectivity index (χ3n) is 5.12. The highest BCUT2D eigenvalue weighted by atomic mass is 32.1. The topological polar surface area (TPSA) is 163 Å². The summed E-state index contributed by atoms with van der Waals surface area (Å²) in [6, 6.07) is 5.05. The molecule has 1 aliphatic rings. The number of fused-ring (bicyclic) bond motifs is 1. The van der Waals surface area contributed by atoms with E-state index in [4.69, 9.17) is 24.4 Å². The molecule has 0 radical (unpaired) electrons. The Morgan fingerprint density at radius 1 is 1.16 bits per heavy atom. The number of aliphatic hydroxyl groups excluding tert-OH is 4. The van der Waals surface area contributed by atoms with E-state index in [1.54, 1.807) is 18.2 Å². The van der Waals surface area contributed by atoms with E-state index in [9.17, 15) is 24.9 Å². The molecule has 0 saturated carbocycles. The Kier molecular flexibility index (Phi) is 8.04. The van der Waals surface area contributed by atoms with Gasteiger partial charge in [0.2, 0.25) is 6.29 Å². The van der Waals surface area contributed by atoms with E-state index in [-0.39, 0.29) is 26.1 Å². The highest BCUT2D eigenvalue weighted by Gasteiger charge is 2.44. The molecule has 0 unspecified atom stereocenters. The molecule has 5 atom stereocenters. The Bertz CT molecular complexity index is 957. The predicted octanol–water partition coefficient (Wildman–Crippen LogP) is 0.550. The van der Waals surface area contributed by atoms with Gasteiger partial charge in [0.1, 0.15) is 30.7 Å². The molecule has 1 aromatic heterocycles. The number of esters is 1. The van der Waals surface area contributed by atoms with Crippen molar-refractivity contribution in [3.05, 3.63) is 28.6 Å². The van der Waals surface area contributed by atoms with E-state index in [1.807, 2.05) is 0 Å². The Balaban J connectivity index is 1.91. The van der Waals surface area contributed by atoms with Gasteiger partial charge in [-0.25, -0.2) is 0 Å². The van der Waals surface area contributed by atoms with Gasteiger partial charge in [-0.1, -0.05) is 6.07 Å². The van der Waals surface area contributed by atoms with Crippen LogP contribution < -0.4 is 4.74 Å². The molecule has 10 nitrogen and oxygen atoms in total. The Hall–Kier alpha value is -2.28. The fourth-order valence-electron chi connectivity index (χ4n) is 3.46. The lowest BCUT2D eigenvalue weighted by Crippen LogP contribution is -2.59. The van der Waals surface area contributed by atoms with Crippen molar-refractivity contribution in [2.45, 2.75) is 63.5 Å². The average Bonchev–Trinajstić information content (AvgIpc) is 3.18. The van der Waals surface area contributed by atoms with Crippen LogP contribution in [0.25, 0.3) is 10.1 Å². The van der Waals surface area contributed by atoms with Crippen LogP contribution in [0.5, 0.6) is 5.75 Å². The van der Waals surface area contributed by atoms with Crippen LogP contribution >= 0.6 is 11.3 Å². The number of hydrogen-bond acceptors (Lipinski definition) is 10. The fourth-order valence-corrected chi connectivity index (χ4v) is 4.63. The highest BCUT2D eigenvalue weighted by molar-refractivity contribution is 7.19. The minimum Gasteiger partial charge on any atom is -0.481 e. The van der Waals surface area contributed by atoms with Crippen molar-refractivity contribution >= 4 is 33.4 Å². The first-order valence-electron chi connectivity index (χ1n) is 10.1. The number of carboxylic acids is 1. The Morgan fingerprint density at radius 2 is 1.91 bits per heavy atom. The molecule has 1 fully saturated rings. The molecule has 11 heteroatoms. The number of rotatable bonds is 9. The largest absolute Gasteiger partial charge is 0.481 e. The third kappa shape index (κ3) is 5.55. The van der Waals surface area contributed by atoms with Gasteiger partial charge in [-0.15, -0.1) is 11.3 Å². The van der Waals surface area contributed by atoms with Gasteiger partial charge in [0.25, 0.3) is 0 Å². The van der Waals surface area contributed by atoms with Crippen molar-refractivity contribution in [1.82, 2.24) is 0 Å². The number of carbonyl (C=O) groups excluding carboxylic acids is 1. The molecule has 1 aromatic carbocycles. The van der Waals surface area contributed by atoms with Crippen molar-refractivity contribution in [2.75, 3.05) is 6.61 Å². The second-order valence-electron chi connectivity index (χ2n) is 7.50. The van der Waals surface area contributed by atoms with Gasteiger partial charge in [0, 0.05) is 34.1 Å². The van der Waals surface area contributed by atoms with Gasteiger partial charge in [-0.2, -0.15) is 0 Å². The summed E-state index contributed by atoms with van der Waals surface area (Å²) in [5, 5.41) is 49.3. The maximum absolute atomic E-state index is 11.2. The van der Waals surface area contributed by atoms with Crippen LogP contribution in [0.1, 0.15) is 30.2 Å². The minimum absolute atomic E-state index is 0.0248. The normalized spacial score (nSPS) is 25.6. The van der Waals surface area contributed by atoms with Crippen LogP contribution in [0, 0.1) is 0 Å². The number of thiophene rings is 1. The highest BCUT2D eigenvalue weighted by Crippen LogP contribution is 2.38. The monoisotopic (exact) mass is 470 g/mol. The van der Waals surface area contributed by atoms with Gasteiger partial charge in [0.15, 0.2) is 0 Å². The van der Waals surface area contributed by atoms with Gasteiger partial charge in [0.05, 0.1) is 12.5 Å². The summed E-state index contributed by atoms with van der Waals surface area (Å²) in [4.78, 5) is 23.0. The van der Waals surface area contributed by atoms with E-state index < -0.39 is 42.6 Å². The summed E-state index contributed by atoms with van der Waals surface area (Å²) in [5.74, 6) is -1.07. The van der Waals surface area contributed by atoms with E-state index in [2.05, 4.69) is 0 Å². The third-order valence-corrected chi connectivity index (χ3v) is 6.39. The standard InChI is InChI=1S/C21H26O10S/c1-10(23)29-9-11-2-4-14(13-8-12(32-20(11)13)3-5-16(24)25)30-21-19(28)18(27)17(26)15(31-21)6-7-22/h2,4,8,15,17-19,21-22,26-28H,3,5-7,9H2,1H3,(H,24,25)/t15-,17+,18+,19-,21-/m1/s1. The average molecular weight is 470 g/mol. The van der Waals surface area contributed by atoms with Crippen molar-refractivity contribution in [1.29, 1.82) is 0 Å². The number of aryl methyl sites for hydroxylation is 1. The first-order valence-corrected chi connectivity index (χ1v) is 10.9. The number of carboxylic acid groups (broad SMARTS) is 1. The van der Waals surface area contributed by atoms with Crippen LogP contribution in [0.4, 0.5) is 0 Å². The fraction of sp³-hybridized carbons (Fsp3) is 0.524. The summed E-state index contributed by atoms with van der Waals surface area (Å²) in [5.41, 5.74) is 0.702. The maximum atomic E-state index is 11.2. The van der Waals surface area contributed by atoms with Gasteiger partial charge < -0.3 is 39.7 Å². The quantitative estimate of drug-likeness (QED) is 0.327. The van der Waals surface area contributed by atoms with Gasteiger partial charge in [-0.05, 0) is 25.0 Å². The maximum Gasteiger partial charge on any atom is 0.303 e. The zero-order valence-corrected chi connectivity index (χ0v) is 18.2. The van der Waals surface area contributed by atoms with Gasteiger partial charge in [-0.3, -0.25) is 9.59 Å². The number of carbonyl (C=O) groups is 2. The summed E-state index contributed by atoms with van der Waals surface area (Å²) < 4.78 is 17.3. The predicted molar refractivity (Wildman–Crippen MR) is 112 cm³/mol. The number of aliphatic hydroxyl groups is 4. The molecule has 0 aliphatic carbocycles. The molecule has 176 valence electrons. The molecular weight excluding hydrogens is 444 g/mol. The molecule has 0 amide bonds. The van der Waals surface area contributed by atoms with Crippen molar-refractivity contribution < 1.29 is 49.3 Å². The van der Waals surface area contributed by atoms with Crippen LogP contribution in [-0.4, -0.2) is 74.8 Å². The van der Waals surface area contributed by atoms with Crippen molar-refractivity contribution in [3.8, 4) is 5.75 Å². The lowest BCUT2D eigenvalue weighted by Gasteiger charge is -2.40. The summed E-state index contributed by atoms with van der Waals surface area (Å²) >= 11 is 1.34. The zero-order chi connectivity index (χ0) is 23.4. The smallest absolute Gasteiger partial charge is 0.303 e. The Labute approximate surface area is 187 Å². The molecule has 1 aliphatic heterocycles. The summed E-state index contributed by atoms with van der Waals surface area (Å²) in [7, 11) is 0. The molecular formula is C21H26O10S. The summed E-state index contributed by atoms with van der Waals surface area (Å²) in [6.45, 7) is 1.03. The van der Waals surface area contributed by atoms with Gasteiger partial charge >= 0.3 is 11.9 Å². The first kappa shape index (κ1) is 24.4. The van der Waals surface area contributed by atoms with Crippen molar-refractivity contribution in [2.24, 2.45) is 0 Å².